The van der Waals surface area contributed by atoms with E-state index in [9.17, 15) is 19.5 Å². The fourth-order valence-electron chi connectivity index (χ4n) is 3.44. The van der Waals surface area contributed by atoms with Gasteiger partial charge in [0.25, 0.3) is 0 Å². The van der Waals surface area contributed by atoms with Gasteiger partial charge in [-0.1, -0.05) is 60.7 Å². The summed E-state index contributed by atoms with van der Waals surface area (Å²) < 4.78 is 0. The van der Waals surface area contributed by atoms with Gasteiger partial charge in [0.05, 0.1) is 5.92 Å². The summed E-state index contributed by atoms with van der Waals surface area (Å²) in [6.07, 6.45) is 0.231. The van der Waals surface area contributed by atoms with Crippen LogP contribution in [0.2, 0.25) is 0 Å². The average Bonchev–Trinajstić information content (AvgIpc) is 3.13. The second kappa shape index (κ2) is 7.95. The molecule has 134 valence electrons. The third-order valence-corrected chi connectivity index (χ3v) is 4.88. The van der Waals surface area contributed by atoms with Crippen LogP contribution in [0.4, 0.5) is 0 Å². The van der Waals surface area contributed by atoms with E-state index in [0.29, 0.717) is 12.1 Å². The molecular formula is C21H21NO4. The molecule has 2 aromatic rings. The summed E-state index contributed by atoms with van der Waals surface area (Å²) in [5.74, 6) is -1.98. The Hall–Kier alpha value is -2.95. The predicted molar refractivity (Wildman–Crippen MR) is 96.9 cm³/mol. The van der Waals surface area contributed by atoms with Gasteiger partial charge in [-0.2, -0.15) is 0 Å². The predicted octanol–water partition coefficient (Wildman–Crippen LogP) is 2.98. The van der Waals surface area contributed by atoms with Crippen molar-refractivity contribution in [2.24, 2.45) is 5.92 Å². The topological polar surface area (TPSA) is 74.7 Å². The van der Waals surface area contributed by atoms with Gasteiger partial charge in [-0.25, -0.2) is 0 Å². The van der Waals surface area contributed by atoms with Crippen LogP contribution in [-0.2, 0) is 9.59 Å². The lowest BCUT2D eigenvalue weighted by atomic mass is 9.89. The van der Waals surface area contributed by atoms with Crippen molar-refractivity contribution in [3.05, 3.63) is 71.8 Å². The first-order valence-corrected chi connectivity index (χ1v) is 8.70. The van der Waals surface area contributed by atoms with Crippen LogP contribution in [0.5, 0.6) is 0 Å². The minimum atomic E-state index is -0.894. The lowest BCUT2D eigenvalue weighted by Gasteiger charge is -2.16. The molecule has 1 saturated heterocycles. The second-order valence-electron chi connectivity index (χ2n) is 6.55. The summed E-state index contributed by atoms with van der Waals surface area (Å²) in [6, 6.07) is 18.3. The van der Waals surface area contributed by atoms with E-state index in [0.717, 1.165) is 5.56 Å². The number of hydrogen-bond donors (Lipinski definition) is 1. The third kappa shape index (κ3) is 3.99. The molecule has 0 unspecified atom stereocenters. The Kier molecular flexibility index (Phi) is 5.46. The van der Waals surface area contributed by atoms with Gasteiger partial charge in [0.2, 0.25) is 5.91 Å². The lowest BCUT2D eigenvalue weighted by molar-refractivity contribution is -0.141. The minimum absolute atomic E-state index is 0.0764. The van der Waals surface area contributed by atoms with Gasteiger partial charge in [0, 0.05) is 37.4 Å². The normalized spacial score (nSPS) is 19.3. The fraction of sp³-hybridized carbons (Fsp3) is 0.286. The van der Waals surface area contributed by atoms with E-state index in [1.54, 1.807) is 29.2 Å². The van der Waals surface area contributed by atoms with Crippen molar-refractivity contribution in [2.45, 2.75) is 18.8 Å². The molecule has 1 fully saturated rings. The monoisotopic (exact) mass is 351 g/mol. The number of ketones is 1. The first-order chi connectivity index (χ1) is 12.6. The van der Waals surface area contributed by atoms with Crippen molar-refractivity contribution >= 4 is 17.7 Å². The molecule has 0 aromatic heterocycles. The van der Waals surface area contributed by atoms with Crippen molar-refractivity contribution in [3.63, 3.8) is 0 Å². The summed E-state index contributed by atoms with van der Waals surface area (Å²) in [6.45, 7) is 0.562. The van der Waals surface area contributed by atoms with E-state index in [1.807, 2.05) is 36.4 Å². The molecule has 2 aromatic carbocycles. The number of carbonyl (C=O) groups is 3. The molecule has 2 atom stereocenters. The first kappa shape index (κ1) is 17.9. The van der Waals surface area contributed by atoms with Crippen LogP contribution < -0.4 is 0 Å². The highest BCUT2D eigenvalue weighted by molar-refractivity contribution is 5.98. The smallest absolute Gasteiger partial charge is 0.308 e. The van der Waals surface area contributed by atoms with Gasteiger partial charge in [-0.3, -0.25) is 14.4 Å². The quantitative estimate of drug-likeness (QED) is 0.812. The molecule has 1 amide bonds. The van der Waals surface area contributed by atoms with E-state index in [2.05, 4.69) is 0 Å². The van der Waals surface area contributed by atoms with Crippen LogP contribution in [0, 0.1) is 5.92 Å². The second-order valence-corrected chi connectivity index (χ2v) is 6.55. The molecule has 0 bridgehead atoms. The number of carboxylic acids is 1. The summed E-state index contributed by atoms with van der Waals surface area (Å²) >= 11 is 0. The van der Waals surface area contributed by atoms with E-state index < -0.39 is 11.9 Å². The summed E-state index contributed by atoms with van der Waals surface area (Å²) in [5.41, 5.74) is 1.52. The molecular weight excluding hydrogens is 330 g/mol. The average molecular weight is 351 g/mol. The standard InChI is InChI=1S/C21H21NO4/c23-19(16-9-5-2-6-10-16)11-12-20(24)22-13-17(18(14-22)21(25)26)15-7-3-1-4-8-15/h1-10,17-18H,11-14H2,(H,25,26)/t17-,18-/m1/s1. The molecule has 0 radical (unpaired) electrons. The van der Waals surface area contributed by atoms with Crippen LogP contribution in [0.1, 0.15) is 34.7 Å². The van der Waals surface area contributed by atoms with Gasteiger partial charge in [-0.15, -0.1) is 0 Å². The van der Waals surface area contributed by atoms with Crippen LogP contribution >= 0.6 is 0 Å². The van der Waals surface area contributed by atoms with Gasteiger partial charge < -0.3 is 10.0 Å². The number of benzene rings is 2. The molecule has 5 nitrogen and oxygen atoms in total. The molecule has 3 rings (SSSR count). The summed E-state index contributed by atoms with van der Waals surface area (Å²) in [4.78, 5) is 37.9. The SMILES string of the molecule is O=C(CCC(=O)N1C[C@H](c2ccccc2)[C@H](C(=O)O)C1)c1ccccc1. The number of rotatable bonds is 6. The molecule has 1 N–H and O–H groups in total. The Morgan fingerprint density at radius 3 is 2.12 bits per heavy atom. The number of likely N-dealkylation sites (tertiary alicyclic amines) is 1. The maximum absolute atomic E-state index is 12.5. The van der Waals surface area contributed by atoms with Crippen LogP contribution in [-0.4, -0.2) is 40.8 Å². The van der Waals surface area contributed by atoms with Gasteiger partial charge >= 0.3 is 5.97 Å². The Morgan fingerprint density at radius 2 is 1.50 bits per heavy atom. The van der Waals surface area contributed by atoms with Gasteiger partial charge in [0.15, 0.2) is 5.78 Å². The van der Waals surface area contributed by atoms with Crippen molar-refractivity contribution in [3.8, 4) is 0 Å². The fourth-order valence-corrected chi connectivity index (χ4v) is 3.44. The van der Waals surface area contributed by atoms with Crippen molar-refractivity contribution < 1.29 is 19.5 Å². The number of carbonyl (C=O) groups excluding carboxylic acids is 2. The molecule has 26 heavy (non-hydrogen) atoms. The maximum atomic E-state index is 12.5. The Bertz CT molecular complexity index is 788. The lowest BCUT2D eigenvalue weighted by Crippen LogP contribution is -2.30. The van der Waals surface area contributed by atoms with Crippen molar-refractivity contribution in [1.82, 2.24) is 4.90 Å². The molecule has 1 aliphatic rings. The van der Waals surface area contributed by atoms with E-state index in [-0.39, 0.29) is 37.0 Å². The third-order valence-electron chi connectivity index (χ3n) is 4.88. The Balaban J connectivity index is 1.63. The molecule has 1 aliphatic heterocycles. The highest BCUT2D eigenvalue weighted by Gasteiger charge is 2.40. The van der Waals surface area contributed by atoms with Crippen LogP contribution in [0.25, 0.3) is 0 Å². The number of amides is 1. The minimum Gasteiger partial charge on any atom is -0.481 e. The number of Topliss-reactive ketones (excluding diaryl/α,β-unsaturated/α-hetero) is 1. The number of nitrogens with zero attached hydrogens (tertiary/aromatic N) is 1. The van der Waals surface area contributed by atoms with Crippen LogP contribution in [0.3, 0.4) is 0 Å². The van der Waals surface area contributed by atoms with Gasteiger partial charge in [0.1, 0.15) is 0 Å². The zero-order valence-corrected chi connectivity index (χ0v) is 14.4. The summed E-state index contributed by atoms with van der Waals surface area (Å²) in [7, 11) is 0. The highest BCUT2D eigenvalue weighted by atomic mass is 16.4. The number of hydrogen-bond acceptors (Lipinski definition) is 3. The first-order valence-electron chi connectivity index (χ1n) is 8.70. The van der Waals surface area contributed by atoms with E-state index in [4.69, 9.17) is 0 Å². The maximum Gasteiger partial charge on any atom is 0.308 e. The Labute approximate surface area is 152 Å². The zero-order valence-electron chi connectivity index (χ0n) is 14.4. The molecule has 1 heterocycles. The number of carboxylic acid groups (broad SMARTS) is 1. The molecule has 0 spiro atoms. The highest BCUT2D eigenvalue weighted by Crippen LogP contribution is 2.33. The number of aliphatic carboxylic acids is 1. The largest absolute Gasteiger partial charge is 0.481 e. The summed E-state index contributed by atoms with van der Waals surface area (Å²) in [5, 5.41) is 9.52. The van der Waals surface area contributed by atoms with E-state index >= 15 is 0 Å². The van der Waals surface area contributed by atoms with Gasteiger partial charge in [-0.05, 0) is 5.56 Å². The van der Waals surface area contributed by atoms with E-state index in [1.165, 1.54) is 0 Å². The molecule has 0 aliphatic carbocycles. The molecule has 0 saturated carbocycles. The Morgan fingerprint density at radius 1 is 0.885 bits per heavy atom. The van der Waals surface area contributed by atoms with Crippen LogP contribution in [0.15, 0.2) is 60.7 Å². The zero-order chi connectivity index (χ0) is 18.5. The molecule has 5 heteroatoms. The van der Waals surface area contributed by atoms with Crippen molar-refractivity contribution in [2.75, 3.05) is 13.1 Å². The van der Waals surface area contributed by atoms with Crippen molar-refractivity contribution in [1.29, 1.82) is 0 Å².